The van der Waals surface area contributed by atoms with Crippen molar-refractivity contribution in [2.75, 3.05) is 30.1 Å². The molecule has 1 aliphatic rings. The molecule has 6 nitrogen and oxygen atoms in total. The molecule has 2 heterocycles. The van der Waals surface area contributed by atoms with E-state index in [1.807, 2.05) is 12.1 Å². The van der Waals surface area contributed by atoms with Crippen LogP contribution < -0.4 is 4.90 Å². The summed E-state index contributed by atoms with van der Waals surface area (Å²) >= 11 is 8.69. The van der Waals surface area contributed by atoms with Gasteiger partial charge in [0.1, 0.15) is 0 Å². The number of rotatable bonds is 7. The van der Waals surface area contributed by atoms with Crippen LogP contribution >= 0.6 is 34.7 Å². The number of thiazole rings is 1. The highest BCUT2D eigenvalue weighted by Crippen LogP contribution is 2.32. The number of anilines is 1. The molecule has 0 bridgehead atoms. The normalized spacial score (nSPS) is 16.6. The average molecular weight is 497 g/mol. The van der Waals surface area contributed by atoms with Gasteiger partial charge in [0.05, 0.1) is 33.5 Å². The van der Waals surface area contributed by atoms with Crippen LogP contribution in [0.5, 0.6) is 0 Å². The molecule has 1 aromatic heterocycles. The SMILES string of the molecule is CS(=O)(=O)c1ccc2nc(N(CC3CCCO3)C(=O)CSc3ccc(Cl)cc3)sc2c1. The summed E-state index contributed by atoms with van der Waals surface area (Å²) in [6, 6.07) is 12.2. The molecule has 1 unspecified atom stereocenters. The highest BCUT2D eigenvalue weighted by molar-refractivity contribution is 8.00. The summed E-state index contributed by atoms with van der Waals surface area (Å²) in [5, 5.41) is 1.21. The molecule has 1 saturated heterocycles. The van der Waals surface area contributed by atoms with E-state index in [-0.39, 0.29) is 22.7 Å². The van der Waals surface area contributed by atoms with Crippen LogP contribution in [0.25, 0.3) is 10.2 Å². The largest absolute Gasteiger partial charge is 0.376 e. The van der Waals surface area contributed by atoms with Crippen LogP contribution in [0.3, 0.4) is 0 Å². The molecule has 0 saturated carbocycles. The van der Waals surface area contributed by atoms with Gasteiger partial charge in [-0.05, 0) is 55.3 Å². The fraction of sp³-hybridized carbons (Fsp3) is 0.333. The minimum Gasteiger partial charge on any atom is -0.376 e. The molecule has 0 spiro atoms. The zero-order valence-corrected chi connectivity index (χ0v) is 20.0. The predicted molar refractivity (Wildman–Crippen MR) is 126 cm³/mol. The topological polar surface area (TPSA) is 76.6 Å². The minimum absolute atomic E-state index is 0.0249. The van der Waals surface area contributed by atoms with E-state index in [9.17, 15) is 13.2 Å². The molecule has 0 radical (unpaired) electrons. The van der Waals surface area contributed by atoms with Gasteiger partial charge in [-0.1, -0.05) is 22.9 Å². The summed E-state index contributed by atoms with van der Waals surface area (Å²) in [4.78, 5) is 20.6. The average Bonchev–Trinajstić information content (AvgIpc) is 3.39. The molecule has 164 valence electrons. The third-order valence-electron chi connectivity index (χ3n) is 4.89. The summed E-state index contributed by atoms with van der Waals surface area (Å²) < 4.78 is 30.3. The van der Waals surface area contributed by atoms with Crippen LogP contribution in [0.1, 0.15) is 12.8 Å². The van der Waals surface area contributed by atoms with Gasteiger partial charge in [0.2, 0.25) is 5.91 Å². The number of halogens is 1. The molecule has 1 fully saturated rings. The number of ether oxygens (including phenoxy) is 1. The van der Waals surface area contributed by atoms with E-state index in [1.54, 1.807) is 35.2 Å². The predicted octanol–water partition coefficient (Wildman–Crippen LogP) is 4.66. The molecule has 2 aromatic carbocycles. The maximum Gasteiger partial charge on any atom is 0.239 e. The lowest BCUT2D eigenvalue weighted by atomic mass is 10.2. The Bertz CT molecular complexity index is 1190. The van der Waals surface area contributed by atoms with Gasteiger partial charge in [0.25, 0.3) is 0 Å². The monoisotopic (exact) mass is 496 g/mol. The number of benzene rings is 2. The zero-order chi connectivity index (χ0) is 22.0. The minimum atomic E-state index is -3.32. The van der Waals surface area contributed by atoms with Gasteiger partial charge in [-0.2, -0.15) is 0 Å². The number of aromatic nitrogens is 1. The first kappa shape index (κ1) is 22.5. The van der Waals surface area contributed by atoms with Crippen molar-refractivity contribution in [1.29, 1.82) is 0 Å². The molecule has 0 aliphatic carbocycles. The van der Waals surface area contributed by atoms with E-state index in [0.717, 1.165) is 22.4 Å². The van der Waals surface area contributed by atoms with Crippen molar-refractivity contribution in [3.63, 3.8) is 0 Å². The molecule has 10 heteroatoms. The van der Waals surface area contributed by atoms with E-state index in [0.29, 0.717) is 28.8 Å². The molecule has 3 aromatic rings. The van der Waals surface area contributed by atoms with Crippen molar-refractivity contribution in [3.8, 4) is 0 Å². The van der Waals surface area contributed by atoms with Gasteiger partial charge in [-0.3, -0.25) is 9.69 Å². The highest BCUT2D eigenvalue weighted by Gasteiger charge is 2.26. The van der Waals surface area contributed by atoms with Crippen LogP contribution in [0, 0.1) is 0 Å². The molecule has 1 aliphatic heterocycles. The van der Waals surface area contributed by atoms with Gasteiger partial charge in [0, 0.05) is 22.8 Å². The number of carbonyl (C=O) groups excluding carboxylic acids is 1. The van der Waals surface area contributed by atoms with Gasteiger partial charge < -0.3 is 4.74 Å². The number of amides is 1. The third kappa shape index (κ3) is 5.59. The van der Waals surface area contributed by atoms with E-state index in [4.69, 9.17) is 16.3 Å². The van der Waals surface area contributed by atoms with E-state index in [1.165, 1.54) is 29.4 Å². The Hall–Kier alpha value is -1.65. The summed E-state index contributed by atoms with van der Waals surface area (Å²) in [6.45, 7) is 1.13. The molecule has 4 rings (SSSR count). The lowest BCUT2D eigenvalue weighted by Gasteiger charge is -2.23. The quantitative estimate of drug-likeness (QED) is 0.443. The smallest absolute Gasteiger partial charge is 0.239 e. The number of carbonyl (C=O) groups is 1. The van der Waals surface area contributed by atoms with Crippen LogP contribution in [0.15, 0.2) is 52.3 Å². The Morgan fingerprint density at radius 3 is 2.74 bits per heavy atom. The van der Waals surface area contributed by atoms with Gasteiger partial charge in [-0.15, -0.1) is 11.8 Å². The first-order valence-corrected chi connectivity index (χ1v) is 13.8. The standard InChI is InChI=1S/C21H21ClN2O4S3/c1-31(26,27)17-8-9-18-19(11-17)30-21(23-18)24(12-15-3-2-10-28-15)20(25)13-29-16-6-4-14(22)5-7-16/h4-9,11,15H,2-3,10,12-13H2,1H3. The number of hydrogen-bond acceptors (Lipinski definition) is 7. The van der Waals surface area contributed by atoms with E-state index in [2.05, 4.69) is 4.98 Å². The van der Waals surface area contributed by atoms with Crippen molar-refractivity contribution >= 4 is 65.8 Å². The van der Waals surface area contributed by atoms with Crippen LogP contribution in [-0.4, -0.2) is 50.6 Å². The van der Waals surface area contributed by atoms with E-state index < -0.39 is 9.84 Å². The van der Waals surface area contributed by atoms with Crippen molar-refractivity contribution < 1.29 is 17.9 Å². The molecule has 1 atom stereocenters. The van der Waals surface area contributed by atoms with Crippen LogP contribution in [-0.2, 0) is 19.4 Å². The summed E-state index contributed by atoms with van der Waals surface area (Å²) in [7, 11) is -3.32. The van der Waals surface area contributed by atoms with Crippen molar-refractivity contribution in [3.05, 3.63) is 47.5 Å². The fourth-order valence-corrected chi connectivity index (χ4v) is 5.92. The molecular weight excluding hydrogens is 476 g/mol. The third-order valence-corrected chi connectivity index (χ3v) is 8.30. The fourth-order valence-electron chi connectivity index (χ4n) is 3.27. The van der Waals surface area contributed by atoms with Crippen molar-refractivity contribution in [2.45, 2.75) is 28.7 Å². The molecule has 1 amide bonds. The molecule has 0 N–H and O–H groups in total. The van der Waals surface area contributed by atoms with Gasteiger partial charge in [0.15, 0.2) is 15.0 Å². The number of hydrogen-bond donors (Lipinski definition) is 0. The van der Waals surface area contributed by atoms with Crippen molar-refractivity contribution in [1.82, 2.24) is 4.98 Å². The molecule has 31 heavy (non-hydrogen) atoms. The Balaban J connectivity index is 1.59. The summed E-state index contributed by atoms with van der Waals surface area (Å²) in [6.07, 6.45) is 3.03. The number of nitrogens with zero attached hydrogens (tertiary/aromatic N) is 2. The Morgan fingerprint density at radius 1 is 1.29 bits per heavy atom. The number of sulfone groups is 1. The highest BCUT2D eigenvalue weighted by atomic mass is 35.5. The van der Waals surface area contributed by atoms with Crippen LogP contribution in [0.4, 0.5) is 5.13 Å². The van der Waals surface area contributed by atoms with E-state index >= 15 is 0 Å². The lowest BCUT2D eigenvalue weighted by Crippen LogP contribution is -2.38. The second-order valence-electron chi connectivity index (χ2n) is 7.28. The maximum atomic E-state index is 13.2. The Morgan fingerprint density at radius 2 is 2.06 bits per heavy atom. The summed E-state index contributed by atoms with van der Waals surface area (Å²) in [5.41, 5.74) is 0.669. The first-order valence-electron chi connectivity index (χ1n) is 9.70. The second-order valence-corrected chi connectivity index (χ2v) is 11.8. The zero-order valence-electron chi connectivity index (χ0n) is 16.8. The lowest BCUT2D eigenvalue weighted by molar-refractivity contribution is -0.116. The number of thioether (sulfide) groups is 1. The van der Waals surface area contributed by atoms with Crippen molar-refractivity contribution in [2.24, 2.45) is 0 Å². The Kier molecular flexibility index (Phi) is 6.88. The van der Waals surface area contributed by atoms with Crippen LogP contribution in [0.2, 0.25) is 5.02 Å². The van der Waals surface area contributed by atoms with Gasteiger partial charge >= 0.3 is 0 Å². The second kappa shape index (κ2) is 9.46. The van der Waals surface area contributed by atoms with Gasteiger partial charge in [-0.25, -0.2) is 13.4 Å². The maximum absolute atomic E-state index is 13.2. The summed E-state index contributed by atoms with van der Waals surface area (Å²) in [5.74, 6) is 0.177. The Labute approximate surface area is 194 Å². The first-order chi connectivity index (χ1) is 14.8. The number of fused-ring (bicyclic) bond motifs is 1. The molecular formula is C21H21ClN2O4S3.